The summed E-state index contributed by atoms with van der Waals surface area (Å²) in [4.78, 5) is 32.8. The van der Waals surface area contributed by atoms with Gasteiger partial charge in [-0.3, -0.25) is 0 Å². The summed E-state index contributed by atoms with van der Waals surface area (Å²) in [5.41, 5.74) is -0.156. The molecule has 1 unspecified atom stereocenters. The lowest BCUT2D eigenvalue weighted by molar-refractivity contribution is -0.138. The van der Waals surface area contributed by atoms with Crippen molar-refractivity contribution < 1.29 is 29.0 Å². The lowest BCUT2D eigenvalue weighted by Gasteiger charge is -2.28. The third-order valence-electron chi connectivity index (χ3n) is 3.25. The van der Waals surface area contributed by atoms with E-state index in [-0.39, 0.29) is 18.6 Å². The van der Waals surface area contributed by atoms with Crippen molar-refractivity contribution in [2.75, 3.05) is 26.3 Å². The van der Waals surface area contributed by atoms with Crippen LogP contribution in [0.25, 0.3) is 0 Å². The fraction of sp³-hybridized carbons (Fsp3) is 0.688. The predicted octanol–water partition coefficient (Wildman–Crippen LogP) is 2.15. The average molecular weight is 344 g/mol. The molecule has 0 saturated carbocycles. The number of carbonyl (C=O) groups is 3. The Morgan fingerprint density at radius 1 is 1.21 bits per heavy atom. The van der Waals surface area contributed by atoms with E-state index >= 15 is 0 Å². The number of hydrogen-bond acceptors (Lipinski definition) is 5. The second kappa shape index (κ2) is 11.3. The highest BCUT2D eigenvalue weighted by atomic mass is 16.6. The lowest BCUT2D eigenvalue weighted by atomic mass is 9.82. The van der Waals surface area contributed by atoms with E-state index in [1.807, 2.05) is 20.8 Å². The van der Waals surface area contributed by atoms with E-state index in [0.29, 0.717) is 19.0 Å². The summed E-state index contributed by atoms with van der Waals surface area (Å²) in [5.74, 6) is -0.255. The van der Waals surface area contributed by atoms with Crippen LogP contribution >= 0.6 is 0 Å². The molecule has 8 heteroatoms. The van der Waals surface area contributed by atoms with Gasteiger partial charge in [-0.1, -0.05) is 27.4 Å². The summed E-state index contributed by atoms with van der Waals surface area (Å²) in [5, 5.41) is 13.5. The van der Waals surface area contributed by atoms with Gasteiger partial charge < -0.3 is 25.2 Å². The molecule has 0 fully saturated rings. The maximum absolute atomic E-state index is 11.6. The van der Waals surface area contributed by atoms with Crippen molar-refractivity contribution in [2.45, 2.75) is 33.6 Å². The molecule has 0 saturated heterocycles. The number of rotatable bonds is 11. The Morgan fingerprint density at radius 2 is 1.83 bits per heavy atom. The van der Waals surface area contributed by atoms with Crippen LogP contribution in [-0.4, -0.2) is 49.6 Å². The molecule has 1 atom stereocenters. The third kappa shape index (κ3) is 12.3. The van der Waals surface area contributed by atoms with Crippen molar-refractivity contribution in [3.8, 4) is 0 Å². The first-order valence-electron chi connectivity index (χ1n) is 7.83. The van der Waals surface area contributed by atoms with Gasteiger partial charge in [-0.25, -0.2) is 14.4 Å². The molecule has 0 aliphatic rings. The van der Waals surface area contributed by atoms with Crippen LogP contribution in [0.4, 0.5) is 9.59 Å². The fourth-order valence-corrected chi connectivity index (χ4v) is 2.24. The Morgan fingerprint density at radius 3 is 2.42 bits per heavy atom. The van der Waals surface area contributed by atoms with Crippen LogP contribution in [0.3, 0.4) is 0 Å². The number of alkyl carbamates (subject to hydrolysis) is 1. The van der Waals surface area contributed by atoms with Crippen LogP contribution in [-0.2, 0) is 14.3 Å². The molecule has 0 spiro atoms. The largest absolute Gasteiger partial charge is 0.465 e. The van der Waals surface area contributed by atoms with E-state index in [1.54, 1.807) is 0 Å². The Kier molecular flexibility index (Phi) is 10.3. The monoisotopic (exact) mass is 344 g/mol. The Bertz CT molecular complexity index is 436. The molecule has 2 amide bonds. The number of carboxylic acid groups (broad SMARTS) is 1. The Balaban J connectivity index is 3.91. The minimum atomic E-state index is -1.02. The normalized spacial score (nSPS) is 12.0. The van der Waals surface area contributed by atoms with E-state index in [9.17, 15) is 14.4 Å². The van der Waals surface area contributed by atoms with E-state index in [0.717, 1.165) is 18.9 Å². The quantitative estimate of drug-likeness (QED) is 0.301. The number of hydrogen-bond donors (Lipinski definition) is 3. The zero-order valence-electron chi connectivity index (χ0n) is 14.6. The smallest absolute Gasteiger partial charge is 0.407 e. The summed E-state index contributed by atoms with van der Waals surface area (Å²) in [7, 11) is 0. The van der Waals surface area contributed by atoms with Gasteiger partial charge in [-0.15, -0.1) is 0 Å². The number of ether oxygens (including phenoxy) is 2. The van der Waals surface area contributed by atoms with Gasteiger partial charge in [0.15, 0.2) is 0 Å². The van der Waals surface area contributed by atoms with Gasteiger partial charge in [-0.05, 0) is 24.2 Å². The van der Waals surface area contributed by atoms with Crippen molar-refractivity contribution in [3.63, 3.8) is 0 Å². The van der Waals surface area contributed by atoms with Crippen LogP contribution in [0.15, 0.2) is 12.7 Å². The summed E-state index contributed by atoms with van der Waals surface area (Å²) in [6.07, 6.45) is 0.999. The SMILES string of the molecule is C=CC(=O)OCCOC(=O)NCC(C)(C)CC(C)CCNC(=O)O. The minimum Gasteiger partial charge on any atom is -0.465 e. The van der Waals surface area contributed by atoms with Crippen molar-refractivity contribution in [2.24, 2.45) is 11.3 Å². The van der Waals surface area contributed by atoms with Crippen LogP contribution in [0, 0.1) is 11.3 Å². The highest BCUT2D eigenvalue weighted by Crippen LogP contribution is 2.26. The van der Waals surface area contributed by atoms with Crippen molar-refractivity contribution >= 4 is 18.2 Å². The summed E-state index contributed by atoms with van der Waals surface area (Å²) < 4.78 is 9.58. The van der Waals surface area contributed by atoms with Gasteiger partial charge in [0.25, 0.3) is 0 Å². The second-order valence-electron chi connectivity index (χ2n) is 6.36. The molecule has 0 aliphatic heterocycles. The summed E-state index contributed by atoms with van der Waals surface area (Å²) >= 11 is 0. The molecular formula is C16H28N2O6. The second-order valence-corrected chi connectivity index (χ2v) is 6.36. The molecule has 0 aromatic rings. The molecule has 0 heterocycles. The number of amides is 2. The van der Waals surface area contributed by atoms with Gasteiger partial charge in [-0.2, -0.15) is 0 Å². The fourth-order valence-electron chi connectivity index (χ4n) is 2.24. The van der Waals surface area contributed by atoms with E-state index in [2.05, 4.69) is 21.9 Å². The van der Waals surface area contributed by atoms with Gasteiger partial charge in [0.2, 0.25) is 0 Å². The molecule has 0 aromatic carbocycles. The first kappa shape index (κ1) is 21.8. The third-order valence-corrected chi connectivity index (χ3v) is 3.25. The van der Waals surface area contributed by atoms with Crippen molar-refractivity contribution in [3.05, 3.63) is 12.7 Å². The van der Waals surface area contributed by atoms with Crippen molar-refractivity contribution in [1.29, 1.82) is 0 Å². The maximum Gasteiger partial charge on any atom is 0.407 e. The predicted molar refractivity (Wildman–Crippen MR) is 88.7 cm³/mol. The number of nitrogens with one attached hydrogen (secondary N) is 2. The zero-order valence-corrected chi connectivity index (χ0v) is 14.6. The topological polar surface area (TPSA) is 114 Å². The molecule has 0 radical (unpaired) electrons. The highest BCUT2D eigenvalue weighted by molar-refractivity contribution is 5.81. The minimum absolute atomic E-state index is 0.0186. The van der Waals surface area contributed by atoms with E-state index in [4.69, 9.17) is 9.84 Å². The van der Waals surface area contributed by atoms with E-state index in [1.165, 1.54) is 0 Å². The van der Waals surface area contributed by atoms with Crippen molar-refractivity contribution in [1.82, 2.24) is 10.6 Å². The average Bonchev–Trinajstić information content (AvgIpc) is 2.48. The standard InChI is InChI=1S/C16H28N2O6/c1-5-13(19)23-8-9-24-15(22)18-11-16(3,4)10-12(2)6-7-17-14(20)21/h5,12,17H,1,6-11H2,2-4H3,(H,18,22)(H,20,21). The summed E-state index contributed by atoms with van der Waals surface area (Å²) in [6, 6.07) is 0. The molecule has 8 nitrogen and oxygen atoms in total. The molecule has 0 rings (SSSR count). The Labute approximate surface area is 142 Å². The number of carbonyl (C=O) groups excluding carboxylic acids is 2. The van der Waals surface area contributed by atoms with Gasteiger partial charge in [0, 0.05) is 19.2 Å². The molecule has 24 heavy (non-hydrogen) atoms. The molecule has 0 aliphatic carbocycles. The van der Waals surface area contributed by atoms with Gasteiger partial charge in [0.1, 0.15) is 13.2 Å². The first-order chi connectivity index (χ1) is 11.2. The van der Waals surface area contributed by atoms with Gasteiger partial charge >= 0.3 is 18.2 Å². The molecular weight excluding hydrogens is 316 g/mol. The molecule has 0 bridgehead atoms. The highest BCUT2D eigenvalue weighted by Gasteiger charge is 2.22. The maximum atomic E-state index is 11.6. The Hall–Kier alpha value is -2.25. The number of esters is 1. The zero-order chi connectivity index (χ0) is 18.6. The van der Waals surface area contributed by atoms with Crippen LogP contribution in [0.5, 0.6) is 0 Å². The van der Waals surface area contributed by atoms with Crippen LogP contribution in [0.2, 0.25) is 0 Å². The van der Waals surface area contributed by atoms with Gasteiger partial charge in [0.05, 0.1) is 0 Å². The van der Waals surface area contributed by atoms with E-state index < -0.39 is 18.2 Å². The lowest BCUT2D eigenvalue weighted by Crippen LogP contribution is -2.36. The van der Waals surface area contributed by atoms with Crippen LogP contribution in [0.1, 0.15) is 33.6 Å². The molecule has 0 aromatic heterocycles. The summed E-state index contributed by atoms with van der Waals surface area (Å²) in [6.45, 7) is 10.1. The molecule has 3 N–H and O–H groups in total. The van der Waals surface area contributed by atoms with Crippen LogP contribution < -0.4 is 10.6 Å². The molecule has 138 valence electrons. The first-order valence-corrected chi connectivity index (χ1v) is 7.83.